The van der Waals surface area contributed by atoms with E-state index in [0.717, 1.165) is 38.4 Å². The monoisotopic (exact) mass is 234 g/mol. The van der Waals surface area contributed by atoms with E-state index in [-0.39, 0.29) is 0 Å². The summed E-state index contributed by atoms with van der Waals surface area (Å²) >= 11 is 0. The third-order valence-corrected chi connectivity index (χ3v) is 3.35. The van der Waals surface area contributed by atoms with E-state index >= 15 is 0 Å². The second kappa shape index (κ2) is 6.03. The first-order valence-corrected chi connectivity index (χ1v) is 6.42. The third kappa shape index (κ3) is 3.45. The van der Waals surface area contributed by atoms with Crippen molar-refractivity contribution in [2.45, 2.75) is 19.4 Å². The Morgan fingerprint density at radius 1 is 1.35 bits per heavy atom. The zero-order valence-corrected chi connectivity index (χ0v) is 10.8. The van der Waals surface area contributed by atoms with Gasteiger partial charge in [-0.3, -0.25) is 0 Å². The van der Waals surface area contributed by atoms with Gasteiger partial charge in [0.05, 0.1) is 6.61 Å². The van der Waals surface area contributed by atoms with Crippen LogP contribution in [-0.4, -0.2) is 44.2 Å². The molecule has 1 N–H and O–H groups in total. The molecule has 1 saturated heterocycles. The molecular formula is C14H22N2O. The maximum atomic E-state index is 5.45. The van der Waals surface area contributed by atoms with Crippen LogP contribution in [0.25, 0.3) is 0 Å². The van der Waals surface area contributed by atoms with E-state index in [1.165, 1.54) is 5.56 Å². The average Bonchev–Trinajstić information content (AvgIpc) is 2.35. The number of nitrogens with one attached hydrogen (secondary N) is 1. The molecule has 1 aliphatic heterocycles. The lowest BCUT2D eigenvalue weighted by atomic mass is 10.0. The fourth-order valence-corrected chi connectivity index (χ4v) is 2.25. The largest absolute Gasteiger partial charge is 0.494 e. The molecule has 1 aromatic rings. The molecule has 0 saturated carbocycles. The number of hydrogen-bond donors (Lipinski definition) is 1. The van der Waals surface area contributed by atoms with Gasteiger partial charge >= 0.3 is 0 Å². The Morgan fingerprint density at radius 2 is 2.12 bits per heavy atom. The fourth-order valence-electron chi connectivity index (χ4n) is 2.25. The van der Waals surface area contributed by atoms with Gasteiger partial charge in [-0.25, -0.2) is 0 Å². The van der Waals surface area contributed by atoms with E-state index in [4.69, 9.17) is 4.74 Å². The normalized spacial score (nSPS) is 21.4. The van der Waals surface area contributed by atoms with Gasteiger partial charge < -0.3 is 15.0 Å². The van der Waals surface area contributed by atoms with Gasteiger partial charge in [0.2, 0.25) is 0 Å². The molecule has 94 valence electrons. The number of hydrogen-bond acceptors (Lipinski definition) is 3. The van der Waals surface area contributed by atoms with Crippen molar-refractivity contribution in [3.05, 3.63) is 29.8 Å². The maximum Gasteiger partial charge on any atom is 0.119 e. The van der Waals surface area contributed by atoms with Gasteiger partial charge in [-0.1, -0.05) is 12.1 Å². The van der Waals surface area contributed by atoms with Gasteiger partial charge in [0.25, 0.3) is 0 Å². The van der Waals surface area contributed by atoms with Gasteiger partial charge in [-0.05, 0) is 38.1 Å². The summed E-state index contributed by atoms with van der Waals surface area (Å²) in [4.78, 5) is 2.44. The van der Waals surface area contributed by atoms with Crippen molar-refractivity contribution in [3.63, 3.8) is 0 Å². The second-order valence-electron chi connectivity index (χ2n) is 4.62. The van der Waals surface area contributed by atoms with E-state index < -0.39 is 0 Å². The molecule has 1 heterocycles. The predicted molar refractivity (Wildman–Crippen MR) is 70.6 cm³/mol. The van der Waals surface area contributed by atoms with Gasteiger partial charge in [0.15, 0.2) is 0 Å². The average molecular weight is 234 g/mol. The van der Waals surface area contributed by atoms with Crippen molar-refractivity contribution < 1.29 is 4.74 Å². The van der Waals surface area contributed by atoms with Crippen molar-refractivity contribution in [2.75, 3.05) is 33.3 Å². The number of piperazine rings is 1. The summed E-state index contributed by atoms with van der Waals surface area (Å²) in [6, 6.07) is 9.09. The minimum Gasteiger partial charge on any atom is -0.494 e. The van der Waals surface area contributed by atoms with E-state index in [1.807, 2.05) is 6.92 Å². The summed E-state index contributed by atoms with van der Waals surface area (Å²) in [5.41, 5.74) is 1.38. The highest BCUT2D eigenvalue weighted by molar-refractivity contribution is 5.27. The molecule has 1 unspecified atom stereocenters. The first kappa shape index (κ1) is 12.4. The van der Waals surface area contributed by atoms with Crippen molar-refractivity contribution in [1.82, 2.24) is 10.2 Å². The van der Waals surface area contributed by atoms with Crippen LogP contribution in [0.2, 0.25) is 0 Å². The highest BCUT2D eigenvalue weighted by Crippen LogP contribution is 2.15. The standard InChI is InChI=1S/C14H22N2O/c1-3-17-14-6-4-12(5-7-14)10-13-11-15-8-9-16(13)2/h4-7,13,15H,3,8-11H2,1-2H3. The number of likely N-dealkylation sites (N-methyl/N-ethyl adjacent to an activating group) is 1. The van der Waals surface area contributed by atoms with Crippen LogP contribution >= 0.6 is 0 Å². The van der Waals surface area contributed by atoms with Crippen LogP contribution in [0, 0.1) is 0 Å². The van der Waals surface area contributed by atoms with E-state index in [0.29, 0.717) is 6.04 Å². The van der Waals surface area contributed by atoms with Crippen molar-refractivity contribution in [2.24, 2.45) is 0 Å². The minimum absolute atomic E-state index is 0.613. The van der Waals surface area contributed by atoms with Crippen molar-refractivity contribution >= 4 is 0 Å². The highest BCUT2D eigenvalue weighted by Gasteiger charge is 2.18. The van der Waals surface area contributed by atoms with E-state index in [2.05, 4.69) is 41.5 Å². The van der Waals surface area contributed by atoms with E-state index in [1.54, 1.807) is 0 Å². The zero-order chi connectivity index (χ0) is 12.1. The van der Waals surface area contributed by atoms with E-state index in [9.17, 15) is 0 Å². The first-order chi connectivity index (χ1) is 8.29. The molecule has 1 aliphatic rings. The summed E-state index contributed by atoms with van der Waals surface area (Å²) in [6.45, 7) is 6.08. The van der Waals surface area contributed by atoms with Crippen LogP contribution in [0.4, 0.5) is 0 Å². The summed E-state index contributed by atoms with van der Waals surface area (Å²) in [5.74, 6) is 0.964. The predicted octanol–water partition coefficient (Wildman–Crippen LogP) is 1.53. The third-order valence-electron chi connectivity index (χ3n) is 3.35. The minimum atomic E-state index is 0.613. The Bertz CT molecular complexity index is 337. The summed E-state index contributed by atoms with van der Waals surface area (Å²) < 4.78 is 5.45. The van der Waals surface area contributed by atoms with Gasteiger partial charge in [0, 0.05) is 25.7 Å². The summed E-state index contributed by atoms with van der Waals surface area (Å²) in [6.07, 6.45) is 1.11. The van der Waals surface area contributed by atoms with Crippen LogP contribution in [0.5, 0.6) is 5.75 Å². The highest BCUT2D eigenvalue weighted by atomic mass is 16.5. The Hall–Kier alpha value is -1.06. The van der Waals surface area contributed by atoms with Gasteiger partial charge in [-0.2, -0.15) is 0 Å². The SMILES string of the molecule is CCOc1ccc(CC2CNCCN2C)cc1. The topological polar surface area (TPSA) is 24.5 Å². The fraction of sp³-hybridized carbons (Fsp3) is 0.571. The van der Waals surface area contributed by atoms with Crippen LogP contribution in [0.15, 0.2) is 24.3 Å². The summed E-state index contributed by atoms with van der Waals surface area (Å²) in [5, 5.41) is 3.45. The van der Waals surface area contributed by atoms with Crippen molar-refractivity contribution in [1.29, 1.82) is 0 Å². The molecule has 1 fully saturated rings. The number of rotatable bonds is 4. The molecule has 2 rings (SSSR count). The molecule has 0 bridgehead atoms. The number of benzene rings is 1. The Balaban J connectivity index is 1.93. The second-order valence-corrected chi connectivity index (χ2v) is 4.62. The molecule has 0 spiro atoms. The molecule has 1 atom stereocenters. The lowest BCUT2D eigenvalue weighted by Gasteiger charge is -2.33. The van der Waals surface area contributed by atoms with Crippen LogP contribution in [-0.2, 0) is 6.42 Å². The van der Waals surface area contributed by atoms with Crippen molar-refractivity contribution in [3.8, 4) is 5.75 Å². The smallest absolute Gasteiger partial charge is 0.119 e. The molecule has 1 aromatic carbocycles. The molecule has 3 heteroatoms. The molecule has 0 aliphatic carbocycles. The zero-order valence-electron chi connectivity index (χ0n) is 10.8. The maximum absolute atomic E-state index is 5.45. The quantitative estimate of drug-likeness (QED) is 0.855. The van der Waals surface area contributed by atoms with Crippen LogP contribution in [0.3, 0.4) is 0 Å². The van der Waals surface area contributed by atoms with Crippen LogP contribution in [0.1, 0.15) is 12.5 Å². The molecule has 0 aromatic heterocycles. The lowest BCUT2D eigenvalue weighted by Crippen LogP contribution is -2.50. The Morgan fingerprint density at radius 3 is 2.76 bits per heavy atom. The lowest BCUT2D eigenvalue weighted by molar-refractivity contribution is 0.199. The Labute approximate surface area is 104 Å². The van der Waals surface area contributed by atoms with Gasteiger partial charge in [0.1, 0.15) is 5.75 Å². The molecule has 17 heavy (non-hydrogen) atoms. The molecule has 3 nitrogen and oxygen atoms in total. The number of nitrogens with zero attached hydrogens (tertiary/aromatic N) is 1. The number of ether oxygens (including phenoxy) is 1. The molecule has 0 radical (unpaired) electrons. The first-order valence-electron chi connectivity index (χ1n) is 6.42. The van der Waals surface area contributed by atoms with Crippen LogP contribution < -0.4 is 10.1 Å². The molecule has 0 amide bonds. The molecular weight excluding hydrogens is 212 g/mol. The Kier molecular flexibility index (Phi) is 4.40. The summed E-state index contributed by atoms with van der Waals surface area (Å²) in [7, 11) is 2.21. The van der Waals surface area contributed by atoms with Gasteiger partial charge in [-0.15, -0.1) is 0 Å².